The van der Waals surface area contributed by atoms with Crippen LogP contribution in [0.3, 0.4) is 0 Å². The molecule has 0 spiro atoms. The number of pyridine rings is 2. The Morgan fingerprint density at radius 2 is 1.80 bits per heavy atom. The van der Waals surface area contributed by atoms with E-state index in [9.17, 15) is 9.50 Å². The third-order valence-electron chi connectivity index (χ3n) is 7.46. The zero-order valence-electron chi connectivity index (χ0n) is 21.7. The first-order chi connectivity index (χ1) is 19.6. The number of nitrogens with zero attached hydrogens (tertiary/aromatic N) is 4. The second-order valence-corrected chi connectivity index (χ2v) is 10.1. The summed E-state index contributed by atoms with van der Waals surface area (Å²) in [6.45, 7) is 3.84. The molecule has 1 saturated heterocycles. The van der Waals surface area contributed by atoms with Gasteiger partial charge in [-0.25, -0.2) is 9.37 Å². The standard InChI is InChI=1S/C31H27FN6O2/c32-22-10-19(11-23(39)14-22)25-4-3-5-28-26(25)15-29(35-28)30-27-13-21(17-34-31(27)37-36-30)20-12-24(18-33-16-20)40-9-8-38-6-1-2-7-38/h3-5,10-18,35,39H,1-2,6-9H2,(H,34,36,37). The Bertz CT molecular complexity index is 1820. The quantitative estimate of drug-likeness (QED) is 0.227. The normalized spacial score (nSPS) is 13.9. The number of rotatable bonds is 7. The highest BCUT2D eigenvalue weighted by Gasteiger charge is 2.16. The van der Waals surface area contributed by atoms with Crippen molar-refractivity contribution in [3.63, 3.8) is 0 Å². The molecule has 8 nitrogen and oxygen atoms in total. The third kappa shape index (κ3) is 4.65. The van der Waals surface area contributed by atoms with E-state index in [2.05, 4.69) is 30.0 Å². The predicted molar refractivity (Wildman–Crippen MR) is 153 cm³/mol. The second kappa shape index (κ2) is 10.1. The maximum atomic E-state index is 14.0. The number of phenolic OH excluding ortho intramolecular Hbond substituents is 1. The van der Waals surface area contributed by atoms with Crippen molar-refractivity contribution >= 4 is 21.9 Å². The van der Waals surface area contributed by atoms with Crippen LogP contribution in [-0.4, -0.2) is 61.4 Å². The van der Waals surface area contributed by atoms with Gasteiger partial charge in [-0.2, -0.15) is 5.10 Å². The number of phenols is 1. The number of fused-ring (bicyclic) bond motifs is 2. The summed E-state index contributed by atoms with van der Waals surface area (Å²) in [5.74, 6) is 0.128. The molecule has 0 amide bonds. The molecule has 40 heavy (non-hydrogen) atoms. The van der Waals surface area contributed by atoms with Crippen LogP contribution in [0.5, 0.6) is 11.5 Å². The summed E-state index contributed by atoms with van der Waals surface area (Å²) < 4.78 is 20.0. The van der Waals surface area contributed by atoms with Crippen molar-refractivity contribution in [2.24, 2.45) is 0 Å². The molecule has 7 rings (SSSR count). The fraction of sp³-hybridized carbons (Fsp3) is 0.194. The molecule has 200 valence electrons. The number of ether oxygens (including phenoxy) is 1. The number of likely N-dealkylation sites (tertiary alicyclic amines) is 1. The van der Waals surface area contributed by atoms with Gasteiger partial charge >= 0.3 is 0 Å². The van der Waals surface area contributed by atoms with Gasteiger partial charge in [0.25, 0.3) is 0 Å². The molecule has 1 aliphatic heterocycles. The second-order valence-electron chi connectivity index (χ2n) is 10.1. The highest BCUT2D eigenvalue weighted by atomic mass is 19.1. The van der Waals surface area contributed by atoms with Crippen LogP contribution in [0.15, 0.2) is 73.2 Å². The number of aromatic nitrogens is 5. The van der Waals surface area contributed by atoms with Gasteiger partial charge in [-0.1, -0.05) is 12.1 Å². The highest BCUT2D eigenvalue weighted by molar-refractivity contribution is 6.01. The number of aromatic amines is 2. The number of hydrogen-bond donors (Lipinski definition) is 3. The molecule has 0 unspecified atom stereocenters. The lowest BCUT2D eigenvalue weighted by atomic mass is 10.0. The predicted octanol–water partition coefficient (Wildman–Crippen LogP) is 6.15. The zero-order chi connectivity index (χ0) is 27.1. The molecule has 1 aliphatic rings. The molecule has 0 atom stereocenters. The summed E-state index contributed by atoms with van der Waals surface area (Å²) >= 11 is 0. The minimum absolute atomic E-state index is 0.114. The maximum absolute atomic E-state index is 14.0. The molecule has 0 bridgehead atoms. The Morgan fingerprint density at radius 1 is 0.925 bits per heavy atom. The number of benzene rings is 2. The van der Waals surface area contributed by atoms with E-state index in [4.69, 9.17) is 4.74 Å². The summed E-state index contributed by atoms with van der Waals surface area (Å²) in [7, 11) is 0. The van der Waals surface area contributed by atoms with Gasteiger partial charge in [0.15, 0.2) is 5.65 Å². The van der Waals surface area contributed by atoms with Crippen molar-refractivity contribution in [1.29, 1.82) is 0 Å². The van der Waals surface area contributed by atoms with E-state index in [1.54, 1.807) is 24.7 Å². The van der Waals surface area contributed by atoms with Crippen LogP contribution in [0.2, 0.25) is 0 Å². The Labute approximate surface area is 229 Å². The van der Waals surface area contributed by atoms with E-state index in [1.807, 2.05) is 36.4 Å². The van der Waals surface area contributed by atoms with Gasteiger partial charge in [0.1, 0.15) is 23.9 Å². The van der Waals surface area contributed by atoms with Crippen LogP contribution in [0.25, 0.3) is 55.6 Å². The minimum atomic E-state index is -0.489. The first-order valence-electron chi connectivity index (χ1n) is 13.4. The van der Waals surface area contributed by atoms with E-state index in [-0.39, 0.29) is 5.75 Å². The van der Waals surface area contributed by atoms with Crippen LogP contribution in [-0.2, 0) is 0 Å². The lowest BCUT2D eigenvalue weighted by Crippen LogP contribution is -2.25. The Balaban J connectivity index is 1.21. The molecule has 0 aliphatic carbocycles. The lowest BCUT2D eigenvalue weighted by molar-refractivity contribution is 0.237. The van der Waals surface area contributed by atoms with Crippen LogP contribution in [0, 0.1) is 5.82 Å². The maximum Gasteiger partial charge on any atom is 0.181 e. The van der Waals surface area contributed by atoms with Gasteiger partial charge in [-0.3, -0.25) is 15.0 Å². The summed E-state index contributed by atoms with van der Waals surface area (Å²) in [5, 5.41) is 19.2. The fourth-order valence-corrected chi connectivity index (χ4v) is 5.49. The van der Waals surface area contributed by atoms with Gasteiger partial charge in [-0.05, 0) is 73.5 Å². The molecule has 3 N–H and O–H groups in total. The number of halogens is 1. The number of aromatic hydroxyl groups is 1. The van der Waals surface area contributed by atoms with Crippen LogP contribution < -0.4 is 4.74 Å². The van der Waals surface area contributed by atoms with Gasteiger partial charge < -0.3 is 14.8 Å². The Kier molecular flexibility index (Phi) is 6.13. The molecule has 1 fully saturated rings. The fourth-order valence-electron chi connectivity index (χ4n) is 5.49. The van der Waals surface area contributed by atoms with Gasteiger partial charge in [0.2, 0.25) is 0 Å². The third-order valence-corrected chi connectivity index (χ3v) is 7.46. The SMILES string of the molecule is Oc1cc(F)cc(-c2cccc3[nH]c(-c4[nH]nc5ncc(-c6cncc(OCCN7CCCC7)c6)cc45)cc23)c1. The van der Waals surface area contributed by atoms with Crippen LogP contribution in [0.1, 0.15) is 12.8 Å². The Hall–Kier alpha value is -4.76. The molecule has 5 heterocycles. The average Bonchev–Trinajstić information content (AvgIpc) is 3.71. The number of H-pyrrole nitrogens is 2. The van der Waals surface area contributed by atoms with Crippen molar-refractivity contribution in [1.82, 2.24) is 30.0 Å². The average molecular weight is 535 g/mol. The topological polar surface area (TPSA) is 103 Å². The molecule has 0 radical (unpaired) electrons. The molecule has 4 aromatic heterocycles. The smallest absolute Gasteiger partial charge is 0.181 e. The lowest BCUT2D eigenvalue weighted by Gasteiger charge is -2.15. The van der Waals surface area contributed by atoms with Crippen LogP contribution in [0.4, 0.5) is 4.39 Å². The first-order valence-corrected chi connectivity index (χ1v) is 13.4. The largest absolute Gasteiger partial charge is 0.508 e. The molecular weight excluding hydrogens is 507 g/mol. The van der Waals surface area contributed by atoms with E-state index < -0.39 is 5.82 Å². The van der Waals surface area contributed by atoms with E-state index >= 15 is 0 Å². The van der Waals surface area contributed by atoms with Crippen molar-refractivity contribution in [2.45, 2.75) is 12.8 Å². The number of nitrogens with one attached hydrogen (secondary N) is 2. The molecular formula is C31H27FN6O2. The van der Waals surface area contributed by atoms with E-state index in [0.717, 1.165) is 75.8 Å². The van der Waals surface area contributed by atoms with Gasteiger partial charge in [0, 0.05) is 52.4 Å². The molecule has 6 aromatic rings. The summed E-state index contributed by atoms with van der Waals surface area (Å²) in [6, 6.07) is 15.9. The van der Waals surface area contributed by atoms with E-state index in [0.29, 0.717) is 17.8 Å². The minimum Gasteiger partial charge on any atom is -0.508 e. The van der Waals surface area contributed by atoms with E-state index in [1.165, 1.54) is 18.9 Å². The van der Waals surface area contributed by atoms with Gasteiger partial charge in [-0.15, -0.1) is 0 Å². The monoisotopic (exact) mass is 534 g/mol. The van der Waals surface area contributed by atoms with Crippen molar-refractivity contribution < 1.29 is 14.2 Å². The summed E-state index contributed by atoms with van der Waals surface area (Å²) in [4.78, 5) is 14.9. The molecule has 2 aromatic carbocycles. The Morgan fingerprint density at radius 3 is 2.67 bits per heavy atom. The molecule has 0 saturated carbocycles. The van der Waals surface area contributed by atoms with Crippen molar-refractivity contribution in [3.8, 4) is 45.1 Å². The van der Waals surface area contributed by atoms with Gasteiger partial charge in [0.05, 0.1) is 17.6 Å². The van der Waals surface area contributed by atoms with Crippen molar-refractivity contribution in [3.05, 3.63) is 79.0 Å². The van der Waals surface area contributed by atoms with Crippen LogP contribution >= 0.6 is 0 Å². The number of hydrogen-bond acceptors (Lipinski definition) is 6. The summed E-state index contributed by atoms with van der Waals surface area (Å²) in [6.07, 6.45) is 7.86. The zero-order valence-corrected chi connectivity index (χ0v) is 21.7. The summed E-state index contributed by atoms with van der Waals surface area (Å²) in [5.41, 5.74) is 6.31. The highest BCUT2D eigenvalue weighted by Crippen LogP contribution is 2.36. The molecule has 9 heteroatoms. The van der Waals surface area contributed by atoms with Crippen molar-refractivity contribution in [2.75, 3.05) is 26.2 Å². The first kappa shape index (κ1) is 24.3.